The molecule has 4 heteroatoms. The van der Waals surface area contributed by atoms with Gasteiger partial charge in [0.2, 0.25) is 0 Å². The molecule has 3 nitrogen and oxygen atoms in total. The Kier molecular flexibility index (Phi) is 4.19. The van der Waals surface area contributed by atoms with Gasteiger partial charge >= 0.3 is 5.97 Å². The van der Waals surface area contributed by atoms with Crippen LogP contribution in [0.25, 0.3) is 31.7 Å². The second-order valence-electron chi connectivity index (χ2n) is 5.97. The lowest BCUT2D eigenvalue weighted by Gasteiger charge is -2.04. The van der Waals surface area contributed by atoms with Crippen molar-refractivity contribution >= 4 is 28.1 Å². The molecule has 0 amide bonds. The minimum absolute atomic E-state index is 0.308. The number of carbonyl (C=O) groups is 1. The molecule has 0 saturated carbocycles. The fraction of sp³-hybridized carbons (Fsp3) is 0.0455. The molecule has 0 aliphatic rings. The largest absolute Gasteiger partial charge is 0.497 e. The summed E-state index contributed by atoms with van der Waals surface area (Å²) in [6, 6.07) is 23.6. The lowest BCUT2D eigenvalue weighted by molar-refractivity contribution is 0.0697. The highest BCUT2D eigenvalue weighted by Crippen LogP contribution is 2.36. The van der Waals surface area contributed by atoms with Crippen LogP contribution in [0.3, 0.4) is 0 Å². The molecule has 0 fully saturated rings. The molecule has 26 heavy (non-hydrogen) atoms. The summed E-state index contributed by atoms with van der Waals surface area (Å²) in [6.07, 6.45) is 0. The van der Waals surface area contributed by atoms with Crippen LogP contribution in [0.4, 0.5) is 0 Å². The van der Waals surface area contributed by atoms with Gasteiger partial charge in [-0.2, -0.15) is 0 Å². The molecular formula is C22H16O3S. The van der Waals surface area contributed by atoms with E-state index in [1.54, 1.807) is 30.6 Å². The van der Waals surface area contributed by atoms with Crippen molar-refractivity contribution in [3.63, 3.8) is 0 Å². The van der Waals surface area contributed by atoms with Gasteiger partial charge in [0.1, 0.15) is 5.75 Å². The van der Waals surface area contributed by atoms with Crippen LogP contribution in [0.1, 0.15) is 10.4 Å². The second-order valence-corrected chi connectivity index (χ2v) is 7.06. The Bertz CT molecular complexity index is 1090. The molecule has 0 aliphatic carbocycles. The van der Waals surface area contributed by atoms with Crippen molar-refractivity contribution in [2.75, 3.05) is 7.11 Å². The van der Waals surface area contributed by atoms with Crippen molar-refractivity contribution in [2.45, 2.75) is 0 Å². The number of hydrogen-bond acceptors (Lipinski definition) is 3. The second kappa shape index (κ2) is 6.65. The zero-order chi connectivity index (χ0) is 18.1. The van der Waals surface area contributed by atoms with Crippen LogP contribution in [0, 0.1) is 0 Å². The number of fused-ring (bicyclic) bond motifs is 1. The summed E-state index contributed by atoms with van der Waals surface area (Å²) in [5.41, 5.74) is 2.60. The highest BCUT2D eigenvalue weighted by Gasteiger charge is 2.08. The third-order valence-electron chi connectivity index (χ3n) is 4.35. The molecule has 4 rings (SSSR count). The number of carboxylic acid groups (broad SMARTS) is 1. The smallest absolute Gasteiger partial charge is 0.335 e. The molecule has 1 N–H and O–H groups in total. The molecule has 0 spiro atoms. The van der Waals surface area contributed by atoms with Crippen LogP contribution in [0.5, 0.6) is 5.75 Å². The fourth-order valence-electron chi connectivity index (χ4n) is 2.94. The number of hydrogen-bond donors (Lipinski definition) is 1. The Balaban J connectivity index is 1.68. The maximum atomic E-state index is 11.1. The SMILES string of the molecule is COc1ccc(-c2ccc(-c3ccc4cc(C(=O)O)ccc4c3)s2)cc1. The van der Waals surface area contributed by atoms with Gasteiger partial charge in [-0.15, -0.1) is 11.3 Å². The lowest BCUT2D eigenvalue weighted by atomic mass is 10.0. The Labute approximate surface area is 155 Å². The monoisotopic (exact) mass is 360 g/mol. The first-order valence-corrected chi connectivity index (χ1v) is 8.97. The van der Waals surface area contributed by atoms with E-state index in [4.69, 9.17) is 9.84 Å². The molecule has 0 saturated heterocycles. The normalized spacial score (nSPS) is 10.8. The first kappa shape index (κ1) is 16.4. The van der Waals surface area contributed by atoms with E-state index < -0.39 is 5.97 Å². The fourth-order valence-corrected chi connectivity index (χ4v) is 3.94. The summed E-state index contributed by atoms with van der Waals surface area (Å²) in [7, 11) is 1.66. The van der Waals surface area contributed by atoms with Gasteiger partial charge < -0.3 is 9.84 Å². The van der Waals surface area contributed by atoms with E-state index in [1.165, 1.54) is 9.75 Å². The predicted molar refractivity (Wildman–Crippen MR) is 106 cm³/mol. The van der Waals surface area contributed by atoms with Crippen LogP contribution in [0.15, 0.2) is 72.8 Å². The van der Waals surface area contributed by atoms with Gasteiger partial charge in [0.05, 0.1) is 12.7 Å². The number of aromatic carboxylic acids is 1. The Morgan fingerprint density at radius 3 is 2.12 bits per heavy atom. The van der Waals surface area contributed by atoms with Gasteiger partial charge in [0, 0.05) is 9.75 Å². The average molecular weight is 360 g/mol. The summed E-state index contributed by atoms with van der Waals surface area (Å²) in [6.45, 7) is 0. The number of methoxy groups -OCH3 is 1. The van der Waals surface area contributed by atoms with E-state index >= 15 is 0 Å². The summed E-state index contributed by atoms with van der Waals surface area (Å²) in [5.74, 6) is -0.0563. The highest BCUT2D eigenvalue weighted by atomic mass is 32.1. The van der Waals surface area contributed by atoms with E-state index in [0.717, 1.165) is 27.6 Å². The van der Waals surface area contributed by atoms with Crippen molar-refractivity contribution in [1.29, 1.82) is 0 Å². The Morgan fingerprint density at radius 1 is 0.808 bits per heavy atom. The number of carboxylic acids is 1. The molecule has 128 valence electrons. The molecule has 0 atom stereocenters. The average Bonchev–Trinajstić information content (AvgIpc) is 3.17. The molecule has 0 radical (unpaired) electrons. The standard InChI is InChI=1S/C22H16O3S/c1-25-19-8-6-14(7-9-19)20-10-11-21(26-20)17-4-2-16-13-18(22(23)24)5-3-15(16)12-17/h2-13H,1H3,(H,23,24). The summed E-state index contributed by atoms with van der Waals surface area (Å²) in [5, 5.41) is 11.1. The van der Waals surface area contributed by atoms with Crippen LogP contribution in [0.2, 0.25) is 0 Å². The van der Waals surface area contributed by atoms with Crippen molar-refractivity contribution in [2.24, 2.45) is 0 Å². The third kappa shape index (κ3) is 3.07. The predicted octanol–water partition coefficient (Wildman–Crippen LogP) is 5.94. The van der Waals surface area contributed by atoms with Gasteiger partial charge in [0.25, 0.3) is 0 Å². The van der Waals surface area contributed by atoms with Crippen LogP contribution in [-0.2, 0) is 0 Å². The lowest BCUT2D eigenvalue weighted by Crippen LogP contribution is -1.95. The molecule has 1 heterocycles. The van der Waals surface area contributed by atoms with E-state index in [0.29, 0.717) is 5.56 Å². The maximum Gasteiger partial charge on any atom is 0.335 e. The first-order valence-electron chi connectivity index (χ1n) is 8.16. The molecule has 0 bridgehead atoms. The maximum absolute atomic E-state index is 11.1. The topological polar surface area (TPSA) is 46.5 Å². The van der Waals surface area contributed by atoms with Crippen molar-refractivity contribution in [3.05, 3.63) is 78.4 Å². The van der Waals surface area contributed by atoms with Gasteiger partial charge in [-0.1, -0.05) is 18.2 Å². The molecule has 0 aliphatic heterocycles. The molecular weight excluding hydrogens is 344 g/mol. The molecule has 0 unspecified atom stereocenters. The Morgan fingerprint density at radius 2 is 1.42 bits per heavy atom. The van der Waals surface area contributed by atoms with Crippen LogP contribution >= 0.6 is 11.3 Å². The number of benzene rings is 3. The van der Waals surface area contributed by atoms with Gasteiger partial charge in [-0.25, -0.2) is 4.79 Å². The quantitative estimate of drug-likeness (QED) is 0.490. The molecule has 3 aromatic carbocycles. The third-order valence-corrected chi connectivity index (χ3v) is 5.54. The van der Waals surface area contributed by atoms with Crippen LogP contribution in [-0.4, -0.2) is 18.2 Å². The van der Waals surface area contributed by atoms with Gasteiger partial charge in [-0.05, 0) is 76.5 Å². The number of ether oxygens (including phenoxy) is 1. The highest BCUT2D eigenvalue weighted by molar-refractivity contribution is 7.18. The van der Waals surface area contributed by atoms with E-state index in [-0.39, 0.29) is 0 Å². The summed E-state index contributed by atoms with van der Waals surface area (Å²) >= 11 is 1.73. The van der Waals surface area contributed by atoms with Gasteiger partial charge in [-0.3, -0.25) is 0 Å². The Hall–Kier alpha value is -3.11. The van der Waals surface area contributed by atoms with Crippen molar-refractivity contribution in [1.82, 2.24) is 0 Å². The van der Waals surface area contributed by atoms with Crippen molar-refractivity contribution in [3.8, 4) is 26.6 Å². The zero-order valence-electron chi connectivity index (χ0n) is 14.1. The summed E-state index contributed by atoms with van der Waals surface area (Å²) < 4.78 is 5.21. The zero-order valence-corrected chi connectivity index (χ0v) is 14.9. The van der Waals surface area contributed by atoms with Gasteiger partial charge in [0.15, 0.2) is 0 Å². The van der Waals surface area contributed by atoms with E-state index in [9.17, 15) is 4.79 Å². The number of thiophene rings is 1. The minimum atomic E-state index is -0.904. The van der Waals surface area contributed by atoms with E-state index in [2.05, 4.69) is 30.3 Å². The van der Waals surface area contributed by atoms with Crippen LogP contribution < -0.4 is 4.74 Å². The summed E-state index contributed by atoms with van der Waals surface area (Å²) in [4.78, 5) is 13.5. The number of rotatable bonds is 4. The first-order chi connectivity index (χ1) is 12.6. The molecule has 4 aromatic rings. The van der Waals surface area contributed by atoms with Crippen molar-refractivity contribution < 1.29 is 14.6 Å². The molecule has 1 aromatic heterocycles. The van der Waals surface area contributed by atoms with E-state index in [1.807, 2.05) is 30.3 Å². The minimum Gasteiger partial charge on any atom is -0.497 e.